The fourth-order valence-corrected chi connectivity index (χ4v) is 3.72. The van der Waals surface area contributed by atoms with Crippen molar-refractivity contribution in [2.75, 3.05) is 6.54 Å². The van der Waals surface area contributed by atoms with Gasteiger partial charge in [0.2, 0.25) is 5.91 Å². The van der Waals surface area contributed by atoms with Crippen LogP contribution >= 0.6 is 11.3 Å². The molecule has 1 N–H and O–H groups in total. The molecule has 2 aromatic rings. The number of aromatic nitrogens is 2. The zero-order chi connectivity index (χ0) is 17.1. The summed E-state index contributed by atoms with van der Waals surface area (Å²) in [6.07, 6.45) is 5.24. The van der Waals surface area contributed by atoms with E-state index in [1.165, 1.54) is 11.3 Å². The van der Waals surface area contributed by atoms with Crippen LogP contribution in [0.1, 0.15) is 51.7 Å². The molecule has 0 bridgehead atoms. The predicted molar refractivity (Wildman–Crippen MR) is 91.6 cm³/mol. The van der Waals surface area contributed by atoms with Crippen LogP contribution in [-0.4, -0.2) is 33.2 Å². The third-order valence-electron chi connectivity index (χ3n) is 4.10. The maximum Gasteiger partial charge on any atom is 0.261 e. The highest BCUT2D eigenvalue weighted by atomic mass is 32.1. The lowest BCUT2D eigenvalue weighted by molar-refractivity contribution is -0.129. The molecule has 7 heteroatoms. The number of nitrogens with zero attached hydrogens (tertiary/aromatic N) is 3. The second-order valence-electron chi connectivity index (χ2n) is 5.90. The lowest BCUT2D eigenvalue weighted by Crippen LogP contribution is -2.29. The van der Waals surface area contributed by atoms with E-state index in [2.05, 4.69) is 15.3 Å². The van der Waals surface area contributed by atoms with Crippen molar-refractivity contribution >= 4 is 23.2 Å². The molecule has 3 heterocycles. The predicted octanol–water partition coefficient (Wildman–Crippen LogP) is 2.46. The Kier molecular flexibility index (Phi) is 4.89. The van der Waals surface area contributed by atoms with E-state index in [0.717, 1.165) is 30.0 Å². The number of likely N-dealkylation sites (tertiary alicyclic amines) is 1. The van der Waals surface area contributed by atoms with Crippen molar-refractivity contribution in [2.45, 2.75) is 39.3 Å². The van der Waals surface area contributed by atoms with Gasteiger partial charge in [-0.15, -0.1) is 11.3 Å². The van der Waals surface area contributed by atoms with Crippen molar-refractivity contribution in [2.24, 2.45) is 0 Å². The number of amides is 2. The van der Waals surface area contributed by atoms with E-state index in [4.69, 9.17) is 0 Å². The summed E-state index contributed by atoms with van der Waals surface area (Å²) in [5.74, 6) is -0.0439. The Morgan fingerprint density at radius 2 is 2.21 bits per heavy atom. The van der Waals surface area contributed by atoms with Crippen LogP contribution in [0.25, 0.3) is 0 Å². The molecule has 1 atom stereocenters. The second kappa shape index (κ2) is 7.09. The van der Waals surface area contributed by atoms with Gasteiger partial charge >= 0.3 is 0 Å². The van der Waals surface area contributed by atoms with E-state index in [0.29, 0.717) is 17.1 Å². The summed E-state index contributed by atoms with van der Waals surface area (Å²) in [5.41, 5.74) is 1.49. The monoisotopic (exact) mass is 344 g/mol. The van der Waals surface area contributed by atoms with Crippen LogP contribution in [0.2, 0.25) is 0 Å². The van der Waals surface area contributed by atoms with Gasteiger partial charge in [-0.2, -0.15) is 0 Å². The van der Waals surface area contributed by atoms with Gasteiger partial charge in [0, 0.05) is 18.3 Å². The Labute approximate surface area is 144 Å². The number of hydrogen-bond acceptors (Lipinski definition) is 5. The minimum atomic E-state index is -0.105. The fourth-order valence-electron chi connectivity index (χ4n) is 2.93. The molecule has 1 aliphatic rings. The van der Waals surface area contributed by atoms with Gasteiger partial charge in [-0.25, -0.2) is 0 Å². The Morgan fingerprint density at radius 3 is 2.92 bits per heavy atom. The number of rotatable bonds is 4. The molecular formula is C17H20N4O2S. The SMILES string of the molecule is CC(=O)N1CCC[C@H]1c1cncc(CNC(=O)c2ccc(C)s2)n1. The summed E-state index contributed by atoms with van der Waals surface area (Å²) in [6, 6.07) is 3.74. The standard InChI is InChI=1S/C17H20N4O2S/c1-11-5-6-16(24-11)17(23)19-9-13-8-18-10-14(20-13)15-4-3-7-21(15)12(2)22/h5-6,8,10,15H,3-4,7,9H2,1-2H3,(H,19,23)/t15-/m0/s1. The molecule has 1 aliphatic heterocycles. The first-order valence-electron chi connectivity index (χ1n) is 7.97. The first kappa shape index (κ1) is 16.6. The van der Waals surface area contributed by atoms with E-state index in [1.807, 2.05) is 24.0 Å². The average Bonchev–Trinajstić information content (AvgIpc) is 3.22. The molecule has 2 amide bonds. The van der Waals surface area contributed by atoms with Crippen LogP contribution < -0.4 is 5.32 Å². The Balaban J connectivity index is 1.67. The highest BCUT2D eigenvalue weighted by Crippen LogP contribution is 2.30. The van der Waals surface area contributed by atoms with E-state index in [-0.39, 0.29) is 17.9 Å². The summed E-state index contributed by atoms with van der Waals surface area (Å²) < 4.78 is 0. The molecule has 0 unspecified atom stereocenters. The lowest BCUT2D eigenvalue weighted by atomic mass is 10.1. The first-order valence-corrected chi connectivity index (χ1v) is 8.79. The number of carbonyl (C=O) groups excluding carboxylic acids is 2. The largest absolute Gasteiger partial charge is 0.346 e. The highest BCUT2D eigenvalue weighted by molar-refractivity contribution is 7.13. The van der Waals surface area contributed by atoms with Crippen molar-refractivity contribution in [3.63, 3.8) is 0 Å². The molecule has 1 saturated heterocycles. The minimum absolute atomic E-state index is 0.00871. The summed E-state index contributed by atoms with van der Waals surface area (Å²) in [4.78, 5) is 36.3. The topological polar surface area (TPSA) is 75.2 Å². The van der Waals surface area contributed by atoms with Gasteiger partial charge in [0.1, 0.15) is 0 Å². The van der Waals surface area contributed by atoms with Crippen molar-refractivity contribution in [3.05, 3.63) is 45.7 Å². The molecular weight excluding hydrogens is 324 g/mol. The van der Waals surface area contributed by atoms with Gasteiger partial charge in [-0.05, 0) is 31.9 Å². The summed E-state index contributed by atoms with van der Waals surface area (Å²) in [6.45, 7) is 4.64. The smallest absolute Gasteiger partial charge is 0.261 e. The Hall–Kier alpha value is -2.28. The highest BCUT2D eigenvalue weighted by Gasteiger charge is 2.29. The van der Waals surface area contributed by atoms with Crippen molar-refractivity contribution < 1.29 is 9.59 Å². The van der Waals surface area contributed by atoms with Gasteiger partial charge in [0.05, 0.1) is 41.2 Å². The van der Waals surface area contributed by atoms with Gasteiger partial charge in [-0.1, -0.05) is 0 Å². The van der Waals surface area contributed by atoms with Gasteiger partial charge in [0.25, 0.3) is 5.91 Å². The Morgan fingerprint density at radius 1 is 1.38 bits per heavy atom. The number of nitrogens with one attached hydrogen (secondary N) is 1. The molecule has 0 saturated carbocycles. The number of aryl methyl sites for hydroxylation is 1. The van der Waals surface area contributed by atoms with Gasteiger partial charge in [0.15, 0.2) is 0 Å². The van der Waals surface area contributed by atoms with E-state index < -0.39 is 0 Å². The van der Waals surface area contributed by atoms with E-state index in [9.17, 15) is 9.59 Å². The van der Waals surface area contributed by atoms with Gasteiger partial charge in [-0.3, -0.25) is 19.6 Å². The average molecular weight is 344 g/mol. The fraction of sp³-hybridized carbons (Fsp3) is 0.412. The minimum Gasteiger partial charge on any atom is -0.346 e. The van der Waals surface area contributed by atoms with E-state index in [1.54, 1.807) is 19.3 Å². The second-order valence-corrected chi connectivity index (χ2v) is 7.19. The zero-order valence-corrected chi connectivity index (χ0v) is 14.6. The van der Waals surface area contributed by atoms with Gasteiger partial charge < -0.3 is 10.2 Å². The van der Waals surface area contributed by atoms with Crippen LogP contribution in [-0.2, 0) is 11.3 Å². The van der Waals surface area contributed by atoms with Crippen LogP contribution in [0, 0.1) is 6.92 Å². The third-order valence-corrected chi connectivity index (χ3v) is 5.10. The molecule has 126 valence electrons. The summed E-state index contributed by atoms with van der Waals surface area (Å²) in [5, 5.41) is 2.87. The summed E-state index contributed by atoms with van der Waals surface area (Å²) in [7, 11) is 0. The molecule has 0 aliphatic carbocycles. The number of hydrogen-bond donors (Lipinski definition) is 1. The maximum atomic E-state index is 12.1. The maximum absolute atomic E-state index is 12.1. The first-order chi connectivity index (χ1) is 11.5. The van der Waals surface area contributed by atoms with Crippen molar-refractivity contribution in [1.82, 2.24) is 20.2 Å². The molecule has 2 aromatic heterocycles. The Bertz CT molecular complexity index is 759. The molecule has 0 aromatic carbocycles. The van der Waals surface area contributed by atoms with Crippen molar-refractivity contribution in [3.8, 4) is 0 Å². The van der Waals surface area contributed by atoms with Crippen LogP contribution in [0.4, 0.5) is 0 Å². The molecule has 0 radical (unpaired) electrons. The molecule has 0 spiro atoms. The zero-order valence-electron chi connectivity index (χ0n) is 13.8. The van der Waals surface area contributed by atoms with E-state index >= 15 is 0 Å². The van der Waals surface area contributed by atoms with Crippen LogP contribution in [0.5, 0.6) is 0 Å². The lowest BCUT2D eigenvalue weighted by Gasteiger charge is -2.22. The van der Waals surface area contributed by atoms with Crippen LogP contribution in [0.15, 0.2) is 24.5 Å². The summed E-state index contributed by atoms with van der Waals surface area (Å²) >= 11 is 1.47. The normalized spacial score (nSPS) is 17.1. The third kappa shape index (κ3) is 3.62. The molecule has 1 fully saturated rings. The molecule has 3 rings (SSSR count). The van der Waals surface area contributed by atoms with Crippen LogP contribution in [0.3, 0.4) is 0 Å². The molecule has 24 heavy (non-hydrogen) atoms. The quantitative estimate of drug-likeness (QED) is 0.924. The number of thiophene rings is 1. The number of carbonyl (C=O) groups is 2. The molecule has 6 nitrogen and oxygen atoms in total. The van der Waals surface area contributed by atoms with Crippen molar-refractivity contribution in [1.29, 1.82) is 0 Å².